The molecule has 0 spiro atoms. The van der Waals surface area contributed by atoms with Crippen molar-refractivity contribution in [2.24, 2.45) is 0 Å². The quantitative estimate of drug-likeness (QED) is 0.326. The molecule has 4 amide bonds. The summed E-state index contributed by atoms with van der Waals surface area (Å²) < 4.78 is 99.4. The number of carbonyl (C=O) groups is 4. The number of sulfone groups is 1. The van der Waals surface area contributed by atoms with Crippen LogP contribution in [0.15, 0.2) is 94.5 Å². The number of ether oxygens (including phenoxy) is 1. The maximum absolute atomic E-state index is 13.7. The van der Waals surface area contributed by atoms with Gasteiger partial charge in [-0.3, -0.25) is 24.1 Å². The number of amides is 4. The smallest absolute Gasteiger partial charge is 0.266 e. The zero-order valence-electron chi connectivity index (χ0n) is 28.6. The zero-order valence-corrected chi connectivity index (χ0v) is 21.4. The Bertz CT molecular complexity index is 2290. The molecule has 0 bridgehead atoms. The van der Waals surface area contributed by atoms with Crippen LogP contribution in [0.3, 0.4) is 0 Å². The summed E-state index contributed by atoms with van der Waals surface area (Å²) in [6.45, 7) is 1.25. The van der Waals surface area contributed by atoms with E-state index in [9.17, 15) is 27.6 Å². The molecule has 0 N–H and O–H groups in total. The molecule has 0 saturated carbocycles. The summed E-state index contributed by atoms with van der Waals surface area (Å²) >= 11 is 0. The number of anilines is 1. The van der Waals surface area contributed by atoms with Crippen molar-refractivity contribution in [1.29, 1.82) is 0 Å². The van der Waals surface area contributed by atoms with Crippen molar-refractivity contribution in [3.8, 4) is 11.5 Å². The minimum atomic E-state index is -5.22. The normalized spacial score (nSPS) is 17.4. The Kier molecular flexibility index (Phi) is 3.93. The molecule has 4 aromatic carbocycles. The Hall–Kier alpha value is -5.09. The summed E-state index contributed by atoms with van der Waals surface area (Å²) in [5, 5.41) is 0. The minimum absolute atomic E-state index is 0.0286. The van der Waals surface area contributed by atoms with Crippen LogP contribution in [0.4, 0.5) is 5.69 Å². The third-order valence-corrected chi connectivity index (χ3v) is 7.72. The predicted octanol–water partition coefficient (Wildman–Crippen LogP) is 4.65. The van der Waals surface area contributed by atoms with E-state index in [-0.39, 0.29) is 39.3 Å². The van der Waals surface area contributed by atoms with Gasteiger partial charge in [-0.05, 0) is 79.6 Å². The van der Waals surface area contributed by atoms with E-state index < -0.39 is 97.3 Å². The van der Waals surface area contributed by atoms with Crippen LogP contribution in [0.5, 0.6) is 11.5 Å². The van der Waals surface area contributed by atoms with Gasteiger partial charge in [0.15, 0.2) is 0 Å². The van der Waals surface area contributed by atoms with Gasteiger partial charge in [0.2, 0.25) is 9.84 Å². The first-order chi connectivity index (χ1) is 22.4. The molecular weight excluding hydrogens is 532 g/mol. The number of imide groups is 2. The van der Waals surface area contributed by atoms with E-state index in [1.165, 1.54) is 50.4 Å². The van der Waals surface area contributed by atoms with Crippen molar-refractivity contribution in [3.63, 3.8) is 0 Å². The maximum Gasteiger partial charge on any atom is 0.266 e. The van der Waals surface area contributed by atoms with Crippen LogP contribution in [-0.4, -0.2) is 44.0 Å². The highest BCUT2D eigenvalue weighted by Crippen LogP contribution is 2.34. The number of hydrogen-bond acceptors (Lipinski definition) is 7. The largest absolute Gasteiger partial charge is 0.457 e. The molecular formula is C30H20N2O7S. The van der Waals surface area contributed by atoms with E-state index >= 15 is 0 Å². The third kappa shape index (κ3) is 3.88. The van der Waals surface area contributed by atoms with Crippen LogP contribution >= 0.6 is 0 Å². The number of hydrogen-bond donors (Lipinski definition) is 0. The number of benzene rings is 4. The van der Waals surface area contributed by atoms with E-state index in [4.69, 9.17) is 15.7 Å². The first kappa shape index (κ1) is 17.5. The summed E-state index contributed by atoms with van der Waals surface area (Å²) in [5.74, 6) is -2.98. The first-order valence-electron chi connectivity index (χ1n) is 15.5. The summed E-state index contributed by atoms with van der Waals surface area (Å²) in [6.07, 6.45) is 0. The van der Waals surface area contributed by atoms with Crippen molar-refractivity contribution in [1.82, 2.24) is 4.90 Å². The second-order valence-electron chi connectivity index (χ2n) is 8.77. The summed E-state index contributed by atoms with van der Waals surface area (Å²) in [6, 6.07) is -0.0192. The number of carbonyl (C=O) groups excluding carboxylic acids is 4. The summed E-state index contributed by atoms with van der Waals surface area (Å²) in [7, 11) is -3.88. The van der Waals surface area contributed by atoms with Gasteiger partial charge in [0, 0.05) is 7.05 Å². The molecule has 0 aliphatic carbocycles. The van der Waals surface area contributed by atoms with Gasteiger partial charge in [-0.1, -0.05) is 17.6 Å². The van der Waals surface area contributed by atoms with Gasteiger partial charge in [-0.15, -0.1) is 0 Å². The molecule has 0 radical (unpaired) electrons. The van der Waals surface area contributed by atoms with Gasteiger partial charge in [0.25, 0.3) is 23.6 Å². The monoisotopic (exact) mass is 560 g/mol. The van der Waals surface area contributed by atoms with Crippen LogP contribution < -0.4 is 9.64 Å². The van der Waals surface area contributed by atoms with Crippen molar-refractivity contribution in [3.05, 3.63) is 113 Å². The molecule has 6 rings (SSSR count). The molecule has 4 aromatic rings. The van der Waals surface area contributed by atoms with Crippen LogP contribution in [0.1, 0.15) is 58.0 Å². The molecule has 0 atom stereocenters. The van der Waals surface area contributed by atoms with Gasteiger partial charge in [-0.2, -0.15) is 0 Å². The van der Waals surface area contributed by atoms with Gasteiger partial charge in [-0.25, -0.2) is 13.3 Å². The Morgan fingerprint density at radius 3 is 1.68 bits per heavy atom. The van der Waals surface area contributed by atoms with E-state index in [0.717, 1.165) is 4.90 Å². The Morgan fingerprint density at radius 2 is 1.10 bits per heavy atom. The second kappa shape index (κ2) is 8.99. The predicted molar refractivity (Wildman–Crippen MR) is 144 cm³/mol. The summed E-state index contributed by atoms with van der Waals surface area (Å²) in [5.41, 5.74) is -1.16. The summed E-state index contributed by atoms with van der Waals surface area (Å²) in [4.78, 5) is 50.4. The van der Waals surface area contributed by atoms with Crippen molar-refractivity contribution in [2.75, 3.05) is 11.9 Å². The van der Waals surface area contributed by atoms with Gasteiger partial charge in [0.05, 0.1) is 48.7 Å². The van der Waals surface area contributed by atoms with Crippen LogP contribution in [-0.2, 0) is 9.84 Å². The number of nitrogens with zero attached hydrogens (tertiary/aromatic N) is 2. The zero-order chi connectivity index (χ0) is 35.3. The third-order valence-electron chi connectivity index (χ3n) is 6.23. The fourth-order valence-electron chi connectivity index (χ4n) is 4.17. The molecule has 2 heterocycles. The van der Waals surface area contributed by atoms with Crippen molar-refractivity contribution >= 4 is 39.2 Å². The van der Waals surface area contributed by atoms with Crippen molar-refractivity contribution < 1.29 is 43.3 Å². The first-order valence-corrected chi connectivity index (χ1v) is 13.0. The molecule has 0 unspecified atom stereocenters. The lowest BCUT2D eigenvalue weighted by Gasteiger charge is -2.14. The average Bonchev–Trinajstić information content (AvgIpc) is 3.41. The molecule has 9 nitrogen and oxygen atoms in total. The minimum Gasteiger partial charge on any atom is -0.457 e. The number of fused-ring (bicyclic) bond motifs is 2. The van der Waals surface area contributed by atoms with Crippen LogP contribution in [0.25, 0.3) is 0 Å². The molecule has 198 valence electrons. The number of rotatable bonds is 5. The van der Waals surface area contributed by atoms with Crippen molar-refractivity contribution in [2.45, 2.75) is 16.7 Å². The van der Waals surface area contributed by atoms with E-state index in [2.05, 4.69) is 0 Å². The van der Waals surface area contributed by atoms with E-state index in [0.29, 0.717) is 4.90 Å². The highest BCUT2D eigenvalue weighted by molar-refractivity contribution is 7.91. The highest BCUT2D eigenvalue weighted by atomic mass is 32.2. The van der Waals surface area contributed by atoms with E-state index in [1.807, 2.05) is 0 Å². The van der Waals surface area contributed by atoms with Crippen LogP contribution in [0, 0.1) is 6.92 Å². The molecule has 40 heavy (non-hydrogen) atoms. The molecule has 2 aliphatic rings. The second-order valence-corrected chi connectivity index (χ2v) is 10.6. The fourth-order valence-corrected chi connectivity index (χ4v) is 5.11. The van der Waals surface area contributed by atoms with Crippen LogP contribution in [0.2, 0.25) is 0 Å². The van der Waals surface area contributed by atoms with Gasteiger partial charge < -0.3 is 4.74 Å². The molecule has 0 saturated heterocycles. The van der Waals surface area contributed by atoms with E-state index in [1.54, 1.807) is 0 Å². The molecule has 0 fully saturated rings. The fraction of sp³-hybridized carbons (Fsp3) is 0.0667. The Morgan fingerprint density at radius 1 is 0.650 bits per heavy atom. The highest BCUT2D eigenvalue weighted by Gasteiger charge is 2.37. The Labute approximate surface area is 240 Å². The molecule has 2 aliphatic heterocycles. The average molecular weight is 561 g/mol. The van der Waals surface area contributed by atoms with Gasteiger partial charge in [0.1, 0.15) is 11.5 Å². The Balaban J connectivity index is 1.40. The lowest BCUT2D eigenvalue weighted by molar-refractivity contribution is 0.0692. The standard InChI is InChI=1S/C30H20N2O7S/c1-17-3-9-21(10-4-17)40(37,38)22-11-5-18(6-12-22)32-29(35)24-14-8-20(16-26(24)30(32)36)39-19-7-13-23-25(15-19)28(34)31(2)27(23)33/h3-16H,1-2H3/i3D,4D,5D,6D,9D,10D,11D,12D. The maximum atomic E-state index is 13.7. The lowest BCUT2D eigenvalue weighted by atomic mass is 10.1. The van der Waals surface area contributed by atoms with Gasteiger partial charge >= 0.3 is 0 Å². The lowest BCUT2D eigenvalue weighted by Crippen LogP contribution is -2.29. The SMILES string of the molecule is [2H]c1c([2H])c(S(=O)(=O)c2c([2H])c([2H])c(N3C(=O)c4ccc(Oc5ccc6c(c5)C(=O)N(C)C6=O)cc4C3=O)c([2H])c2[2H])c([2H])c([2H])c1C. The topological polar surface area (TPSA) is 118 Å². The molecule has 10 heteroatoms. The molecule has 0 aromatic heterocycles.